The first-order valence-electron chi connectivity index (χ1n) is 7.01. The summed E-state index contributed by atoms with van der Waals surface area (Å²) >= 11 is 6.27. The lowest BCUT2D eigenvalue weighted by Crippen LogP contribution is -2.23. The molecule has 0 bridgehead atoms. The molecule has 1 N–H and O–H groups in total. The van der Waals surface area contributed by atoms with E-state index in [1.807, 2.05) is 25.5 Å². The Morgan fingerprint density at radius 1 is 1.40 bits per heavy atom. The van der Waals surface area contributed by atoms with Gasteiger partial charge >= 0.3 is 0 Å². The normalized spacial score (nSPS) is 12.6. The lowest BCUT2D eigenvalue weighted by molar-refractivity contribution is 0.491. The Hall–Kier alpha value is -1.39. The highest BCUT2D eigenvalue weighted by Crippen LogP contribution is 2.25. The number of imidazole rings is 1. The fourth-order valence-electron chi connectivity index (χ4n) is 2.27. The maximum absolute atomic E-state index is 6.27. The Labute approximate surface area is 125 Å². The molecule has 0 saturated carbocycles. The molecule has 0 radical (unpaired) electrons. The minimum Gasteiger partial charge on any atom is -0.338 e. The number of hydrogen-bond donors (Lipinski definition) is 1. The van der Waals surface area contributed by atoms with Crippen molar-refractivity contribution in [2.75, 3.05) is 6.54 Å². The maximum atomic E-state index is 6.27. The minimum atomic E-state index is 0.238. The molecule has 2 rings (SSSR count). The molecule has 2 aromatic rings. The van der Waals surface area contributed by atoms with E-state index in [0.29, 0.717) is 0 Å². The molecule has 2 heterocycles. The highest BCUT2D eigenvalue weighted by molar-refractivity contribution is 6.31. The van der Waals surface area contributed by atoms with Crippen molar-refractivity contribution in [2.45, 2.75) is 32.2 Å². The van der Waals surface area contributed by atoms with Crippen LogP contribution in [0.25, 0.3) is 0 Å². The Bertz CT molecular complexity index is 538. The van der Waals surface area contributed by atoms with Crippen LogP contribution in [0.15, 0.2) is 30.9 Å². The van der Waals surface area contributed by atoms with Crippen molar-refractivity contribution in [1.82, 2.24) is 19.9 Å². The monoisotopic (exact) mass is 292 g/mol. The summed E-state index contributed by atoms with van der Waals surface area (Å²) in [5.74, 6) is 1.10. The van der Waals surface area contributed by atoms with Crippen molar-refractivity contribution in [3.63, 3.8) is 0 Å². The standard InChI is InChI=1S/C15H21ClN4/c1-3-7-18-14(12-6-8-17-11-13(12)16)4-5-15-19-9-10-20(15)2/h6,8-11,14,18H,3-5,7H2,1-2H3. The zero-order valence-corrected chi connectivity index (χ0v) is 12.8. The molecular weight excluding hydrogens is 272 g/mol. The van der Waals surface area contributed by atoms with Crippen LogP contribution in [0.3, 0.4) is 0 Å². The lowest BCUT2D eigenvalue weighted by atomic mass is 10.0. The van der Waals surface area contributed by atoms with Crippen LogP contribution in [0, 0.1) is 0 Å². The lowest BCUT2D eigenvalue weighted by Gasteiger charge is -2.19. The van der Waals surface area contributed by atoms with E-state index in [9.17, 15) is 0 Å². The quantitative estimate of drug-likeness (QED) is 0.852. The van der Waals surface area contributed by atoms with E-state index in [2.05, 4.69) is 26.8 Å². The number of halogens is 1. The van der Waals surface area contributed by atoms with Crippen molar-refractivity contribution in [3.8, 4) is 0 Å². The molecule has 0 amide bonds. The van der Waals surface area contributed by atoms with E-state index in [-0.39, 0.29) is 6.04 Å². The number of rotatable bonds is 7. The summed E-state index contributed by atoms with van der Waals surface area (Å²) in [5.41, 5.74) is 1.12. The number of hydrogen-bond acceptors (Lipinski definition) is 3. The van der Waals surface area contributed by atoms with Gasteiger partial charge in [0.2, 0.25) is 0 Å². The molecule has 4 nitrogen and oxygen atoms in total. The maximum Gasteiger partial charge on any atom is 0.108 e. The topological polar surface area (TPSA) is 42.7 Å². The predicted octanol–water partition coefficient (Wildman–Crippen LogP) is 3.14. The molecule has 0 aliphatic carbocycles. The second-order valence-corrected chi connectivity index (χ2v) is 5.30. The summed E-state index contributed by atoms with van der Waals surface area (Å²) in [6, 6.07) is 2.23. The zero-order chi connectivity index (χ0) is 14.4. The molecule has 108 valence electrons. The van der Waals surface area contributed by atoms with Crippen LogP contribution in [-0.4, -0.2) is 21.1 Å². The van der Waals surface area contributed by atoms with Gasteiger partial charge < -0.3 is 9.88 Å². The third-order valence-corrected chi connectivity index (χ3v) is 3.71. The first kappa shape index (κ1) is 15.0. The van der Waals surface area contributed by atoms with Crippen molar-refractivity contribution in [3.05, 3.63) is 47.3 Å². The zero-order valence-electron chi connectivity index (χ0n) is 12.0. The molecular formula is C15H21ClN4. The van der Waals surface area contributed by atoms with Crippen molar-refractivity contribution >= 4 is 11.6 Å². The van der Waals surface area contributed by atoms with E-state index in [1.54, 1.807) is 12.4 Å². The van der Waals surface area contributed by atoms with Crippen LogP contribution in [0.4, 0.5) is 0 Å². The van der Waals surface area contributed by atoms with E-state index in [0.717, 1.165) is 42.2 Å². The number of nitrogens with zero attached hydrogens (tertiary/aromatic N) is 3. The summed E-state index contributed by atoms with van der Waals surface area (Å²) in [6.45, 7) is 3.14. The third-order valence-electron chi connectivity index (χ3n) is 3.40. The van der Waals surface area contributed by atoms with Gasteiger partial charge in [0.1, 0.15) is 5.82 Å². The van der Waals surface area contributed by atoms with Gasteiger partial charge in [-0.25, -0.2) is 4.98 Å². The van der Waals surface area contributed by atoms with Crippen LogP contribution < -0.4 is 5.32 Å². The first-order valence-corrected chi connectivity index (χ1v) is 7.39. The highest BCUT2D eigenvalue weighted by Gasteiger charge is 2.15. The van der Waals surface area contributed by atoms with Crippen molar-refractivity contribution < 1.29 is 0 Å². The molecule has 1 unspecified atom stereocenters. The number of aryl methyl sites for hydroxylation is 2. The molecule has 0 aromatic carbocycles. The summed E-state index contributed by atoms with van der Waals surface area (Å²) in [7, 11) is 2.02. The average Bonchev–Trinajstić information content (AvgIpc) is 2.86. The van der Waals surface area contributed by atoms with Crippen LogP contribution in [0.5, 0.6) is 0 Å². The second kappa shape index (κ2) is 7.41. The smallest absolute Gasteiger partial charge is 0.108 e. The molecule has 0 aliphatic rings. The summed E-state index contributed by atoms with van der Waals surface area (Å²) in [5, 5.41) is 4.28. The van der Waals surface area contributed by atoms with Crippen LogP contribution >= 0.6 is 11.6 Å². The number of pyridine rings is 1. The molecule has 0 spiro atoms. The van der Waals surface area contributed by atoms with Gasteiger partial charge in [0.15, 0.2) is 0 Å². The molecule has 2 aromatic heterocycles. The fraction of sp³-hybridized carbons (Fsp3) is 0.467. The van der Waals surface area contributed by atoms with Gasteiger partial charge in [-0.3, -0.25) is 4.98 Å². The van der Waals surface area contributed by atoms with Crippen LogP contribution in [0.2, 0.25) is 5.02 Å². The average molecular weight is 293 g/mol. The number of nitrogens with one attached hydrogen (secondary N) is 1. The van der Waals surface area contributed by atoms with Gasteiger partial charge in [-0.15, -0.1) is 0 Å². The van der Waals surface area contributed by atoms with Crippen molar-refractivity contribution in [1.29, 1.82) is 0 Å². The Balaban J connectivity index is 2.08. The third kappa shape index (κ3) is 3.81. The van der Waals surface area contributed by atoms with Gasteiger partial charge in [-0.1, -0.05) is 18.5 Å². The Morgan fingerprint density at radius 3 is 2.90 bits per heavy atom. The fourth-order valence-corrected chi connectivity index (χ4v) is 2.52. The van der Waals surface area contributed by atoms with Gasteiger partial charge in [0.25, 0.3) is 0 Å². The molecule has 1 atom stereocenters. The van der Waals surface area contributed by atoms with Gasteiger partial charge in [0, 0.05) is 44.3 Å². The molecule has 5 heteroatoms. The van der Waals surface area contributed by atoms with Gasteiger partial charge in [-0.2, -0.15) is 0 Å². The first-order chi connectivity index (χ1) is 9.72. The molecule has 0 saturated heterocycles. The predicted molar refractivity (Wildman–Crippen MR) is 81.8 cm³/mol. The summed E-state index contributed by atoms with van der Waals surface area (Å²) in [6.07, 6.45) is 10.3. The van der Waals surface area contributed by atoms with Gasteiger partial charge in [0.05, 0.1) is 5.02 Å². The number of aromatic nitrogens is 3. The van der Waals surface area contributed by atoms with E-state index < -0.39 is 0 Å². The van der Waals surface area contributed by atoms with Gasteiger partial charge in [-0.05, 0) is 31.0 Å². The Kier molecular flexibility index (Phi) is 5.56. The summed E-state index contributed by atoms with van der Waals surface area (Å²) in [4.78, 5) is 8.43. The van der Waals surface area contributed by atoms with Crippen LogP contribution in [0.1, 0.15) is 37.2 Å². The highest BCUT2D eigenvalue weighted by atomic mass is 35.5. The SMILES string of the molecule is CCCNC(CCc1nccn1C)c1ccncc1Cl. The summed E-state index contributed by atoms with van der Waals surface area (Å²) < 4.78 is 2.06. The van der Waals surface area contributed by atoms with E-state index in [4.69, 9.17) is 11.6 Å². The minimum absolute atomic E-state index is 0.238. The molecule has 0 aliphatic heterocycles. The second-order valence-electron chi connectivity index (χ2n) is 4.90. The molecule has 0 fully saturated rings. The van der Waals surface area contributed by atoms with E-state index in [1.165, 1.54) is 0 Å². The Morgan fingerprint density at radius 2 is 2.25 bits per heavy atom. The molecule has 20 heavy (non-hydrogen) atoms. The largest absolute Gasteiger partial charge is 0.338 e. The van der Waals surface area contributed by atoms with Crippen molar-refractivity contribution in [2.24, 2.45) is 7.05 Å². The van der Waals surface area contributed by atoms with Crippen LogP contribution in [-0.2, 0) is 13.5 Å². The van der Waals surface area contributed by atoms with E-state index >= 15 is 0 Å².